The molecule has 0 saturated carbocycles. The van der Waals surface area contributed by atoms with Gasteiger partial charge in [0.05, 0.1) is 28.5 Å². The lowest BCUT2D eigenvalue weighted by molar-refractivity contribution is 0.306. The summed E-state index contributed by atoms with van der Waals surface area (Å²) >= 11 is 0. The highest BCUT2D eigenvalue weighted by Gasteiger charge is 2.60. The van der Waals surface area contributed by atoms with Crippen LogP contribution in [0.5, 0.6) is 11.5 Å². The lowest BCUT2D eigenvalue weighted by Crippen LogP contribution is -2.31. The molecule has 1 spiro atoms. The van der Waals surface area contributed by atoms with E-state index < -0.39 is 5.41 Å². The maximum atomic E-state index is 6.87. The van der Waals surface area contributed by atoms with Gasteiger partial charge in [-0.3, -0.25) is 4.98 Å². The van der Waals surface area contributed by atoms with E-state index in [0.717, 1.165) is 72.6 Å². The molecular formula is C37H20N2O3. The summed E-state index contributed by atoms with van der Waals surface area (Å²) in [6.07, 6.45) is 1.85. The van der Waals surface area contributed by atoms with E-state index in [1.807, 2.05) is 72.9 Å². The zero-order valence-electron chi connectivity index (χ0n) is 22.2. The molecule has 0 radical (unpaired) electrons. The predicted octanol–water partition coefficient (Wildman–Crippen LogP) is 8.51. The molecule has 2 aromatic heterocycles. The summed E-state index contributed by atoms with van der Waals surface area (Å²) in [5, 5.41) is 1.00. The van der Waals surface area contributed by atoms with Crippen LogP contribution < -0.4 is 9.47 Å². The minimum atomic E-state index is -0.844. The van der Waals surface area contributed by atoms with Crippen molar-refractivity contribution < 1.29 is 13.9 Å². The number of benzene rings is 5. The summed E-state index contributed by atoms with van der Waals surface area (Å²) in [5.41, 5.74) is 8.88. The number of hydrogen-bond donors (Lipinski definition) is 0. The monoisotopic (exact) mass is 540 g/mol. The Morgan fingerprint density at radius 2 is 1.36 bits per heavy atom. The largest absolute Gasteiger partial charge is 0.458 e. The quantitative estimate of drug-likeness (QED) is 0.209. The van der Waals surface area contributed by atoms with Gasteiger partial charge in [0.1, 0.15) is 16.8 Å². The standard InChI is InChI=1S/C37H20N2O3/c1-3-11-25-22(9-1)23-18-17-21(29-20-38-27-12-4-5-13-28(27)39-29)19-26(23)37(25)35-33(24-10-2-6-14-30(24)41-35)34-36(37)42-32-16-8-7-15-31(32)40-34/h1-20H. The average Bonchev–Trinajstić information content (AvgIpc) is 3.66. The van der Waals surface area contributed by atoms with Crippen LogP contribution in [-0.2, 0) is 5.41 Å². The van der Waals surface area contributed by atoms with Crippen LogP contribution in [0.15, 0.2) is 132 Å². The predicted molar refractivity (Wildman–Crippen MR) is 161 cm³/mol. The highest BCUT2D eigenvalue weighted by atomic mass is 16.6. The molecule has 0 bridgehead atoms. The maximum Gasteiger partial charge on any atom is 0.179 e. The fraction of sp³-hybridized carbons (Fsp3) is 0.0270. The van der Waals surface area contributed by atoms with E-state index in [1.165, 1.54) is 0 Å². The second-order valence-electron chi connectivity index (χ2n) is 10.9. The van der Waals surface area contributed by atoms with E-state index in [1.54, 1.807) is 0 Å². The Balaban J connectivity index is 1.31. The van der Waals surface area contributed by atoms with Crippen LogP contribution in [0.3, 0.4) is 0 Å². The van der Waals surface area contributed by atoms with E-state index in [4.69, 9.17) is 23.9 Å². The molecule has 5 aromatic carbocycles. The molecule has 1 unspecified atom stereocenters. The number of hydrogen-bond acceptors (Lipinski definition) is 5. The summed E-state index contributed by atoms with van der Waals surface area (Å²) in [4.78, 5) is 9.67. The number of furan rings is 1. The Hall–Kier alpha value is -5.68. The number of rotatable bonds is 1. The molecule has 5 nitrogen and oxygen atoms in total. The highest BCUT2D eigenvalue weighted by Crippen LogP contribution is 2.65. The third-order valence-electron chi connectivity index (χ3n) is 8.77. The molecule has 10 rings (SSSR count). The first-order chi connectivity index (χ1) is 20.8. The number of aromatic nitrogens is 2. The second-order valence-corrected chi connectivity index (χ2v) is 10.9. The molecule has 1 atom stereocenters. The smallest absolute Gasteiger partial charge is 0.179 e. The van der Waals surface area contributed by atoms with Crippen molar-refractivity contribution in [3.63, 3.8) is 0 Å². The van der Waals surface area contributed by atoms with Gasteiger partial charge in [0, 0.05) is 10.9 Å². The van der Waals surface area contributed by atoms with Gasteiger partial charge >= 0.3 is 0 Å². The van der Waals surface area contributed by atoms with Crippen LogP contribution in [0.1, 0.15) is 22.5 Å². The van der Waals surface area contributed by atoms with Crippen LogP contribution in [0.2, 0.25) is 0 Å². The van der Waals surface area contributed by atoms with Crippen molar-refractivity contribution in [2.24, 2.45) is 0 Å². The molecule has 42 heavy (non-hydrogen) atoms. The van der Waals surface area contributed by atoms with E-state index in [0.29, 0.717) is 17.3 Å². The molecule has 0 saturated heterocycles. The number of para-hydroxylation sites is 5. The zero-order chi connectivity index (χ0) is 27.4. The SMILES string of the molecule is c1ccc2c(c1)OC1=C(O2)C2(c3ccccc3-c3ccc(-c4cnc5ccccc5n4)cc32)c2oc3ccccc3c21. The average molecular weight is 541 g/mol. The Kier molecular flexibility index (Phi) is 4.06. The third kappa shape index (κ3) is 2.63. The van der Waals surface area contributed by atoms with Crippen molar-refractivity contribution in [3.05, 3.63) is 150 Å². The zero-order valence-corrected chi connectivity index (χ0v) is 22.2. The Morgan fingerprint density at radius 3 is 2.29 bits per heavy atom. The topological polar surface area (TPSA) is 57.4 Å². The van der Waals surface area contributed by atoms with E-state index in [9.17, 15) is 0 Å². The minimum absolute atomic E-state index is 0.688. The first kappa shape index (κ1) is 22.1. The van der Waals surface area contributed by atoms with Gasteiger partial charge in [-0.2, -0.15) is 0 Å². The van der Waals surface area contributed by atoms with Gasteiger partial charge in [-0.05, 0) is 58.7 Å². The normalized spacial score (nSPS) is 17.4. The molecule has 3 heterocycles. The second kappa shape index (κ2) is 7.74. The van der Waals surface area contributed by atoms with Crippen LogP contribution in [0.4, 0.5) is 0 Å². The molecule has 7 aromatic rings. The van der Waals surface area contributed by atoms with Crippen molar-refractivity contribution in [3.8, 4) is 33.9 Å². The lowest BCUT2D eigenvalue weighted by Gasteiger charge is -2.31. The molecule has 5 heteroatoms. The first-order valence-electron chi connectivity index (χ1n) is 14.0. The van der Waals surface area contributed by atoms with Gasteiger partial charge in [0.15, 0.2) is 23.0 Å². The van der Waals surface area contributed by atoms with Gasteiger partial charge in [0.25, 0.3) is 0 Å². The molecule has 0 amide bonds. The van der Waals surface area contributed by atoms with Crippen molar-refractivity contribution in [1.82, 2.24) is 9.97 Å². The molecule has 1 aliphatic heterocycles. The number of fused-ring (bicyclic) bond motifs is 13. The molecule has 196 valence electrons. The molecule has 0 N–H and O–H groups in total. The Bertz CT molecular complexity index is 2330. The summed E-state index contributed by atoms with van der Waals surface area (Å²) in [7, 11) is 0. The van der Waals surface area contributed by atoms with Gasteiger partial charge in [-0.25, -0.2) is 4.98 Å². The van der Waals surface area contributed by atoms with E-state index >= 15 is 0 Å². The van der Waals surface area contributed by atoms with Crippen LogP contribution in [0, 0.1) is 0 Å². The van der Waals surface area contributed by atoms with Gasteiger partial charge in [0.2, 0.25) is 0 Å². The fourth-order valence-electron chi connectivity index (χ4n) is 7.01. The minimum Gasteiger partial charge on any atom is -0.458 e. The van der Waals surface area contributed by atoms with Crippen molar-refractivity contribution >= 4 is 27.8 Å². The van der Waals surface area contributed by atoms with E-state index in [2.05, 4.69) is 48.5 Å². The molecule has 2 aliphatic carbocycles. The van der Waals surface area contributed by atoms with Crippen LogP contribution in [-0.4, -0.2) is 9.97 Å². The summed E-state index contributed by atoms with van der Waals surface area (Å²) in [6.45, 7) is 0. The van der Waals surface area contributed by atoms with Crippen molar-refractivity contribution in [1.29, 1.82) is 0 Å². The van der Waals surface area contributed by atoms with E-state index in [-0.39, 0.29) is 0 Å². The van der Waals surface area contributed by atoms with Gasteiger partial charge < -0.3 is 13.9 Å². The van der Waals surface area contributed by atoms with Crippen molar-refractivity contribution in [2.45, 2.75) is 5.41 Å². The Morgan fingerprint density at radius 1 is 0.619 bits per heavy atom. The van der Waals surface area contributed by atoms with Crippen LogP contribution >= 0.6 is 0 Å². The number of nitrogens with zero attached hydrogens (tertiary/aromatic N) is 2. The highest BCUT2D eigenvalue weighted by molar-refractivity contribution is 6.01. The fourth-order valence-corrected chi connectivity index (χ4v) is 7.01. The van der Waals surface area contributed by atoms with Gasteiger partial charge in [-0.15, -0.1) is 0 Å². The number of allylic oxidation sites excluding steroid dienone is 1. The molecule has 3 aliphatic rings. The van der Waals surface area contributed by atoms with Gasteiger partial charge in [-0.1, -0.05) is 78.9 Å². The summed E-state index contributed by atoms with van der Waals surface area (Å²) < 4.78 is 20.4. The Labute approximate surface area is 240 Å². The molecular weight excluding hydrogens is 520 g/mol. The first-order valence-corrected chi connectivity index (χ1v) is 14.0. The summed E-state index contributed by atoms with van der Waals surface area (Å²) in [6, 6.07) is 39.0. The number of ether oxygens (including phenoxy) is 2. The van der Waals surface area contributed by atoms with Crippen molar-refractivity contribution in [2.75, 3.05) is 0 Å². The lowest BCUT2D eigenvalue weighted by atomic mass is 9.75. The maximum absolute atomic E-state index is 6.87. The van der Waals surface area contributed by atoms with Crippen LogP contribution in [0.25, 0.3) is 50.1 Å². The molecule has 0 fully saturated rings. The third-order valence-corrected chi connectivity index (χ3v) is 8.77. The summed E-state index contributed by atoms with van der Waals surface area (Å²) in [5.74, 6) is 3.62.